The molecule has 1 unspecified atom stereocenters. The number of nitrogens with zero attached hydrogens (tertiary/aromatic N) is 4. The highest BCUT2D eigenvalue weighted by molar-refractivity contribution is 5.06. The molecule has 2 rings (SSSR count). The molecule has 0 spiro atoms. The minimum Gasteiger partial charge on any atom is -0.379 e. The average Bonchev–Trinajstić information content (AvgIpc) is 2.56. The molecule has 0 aromatic carbocycles. The highest BCUT2D eigenvalue weighted by Gasteiger charge is 2.35. The van der Waals surface area contributed by atoms with Crippen LogP contribution in [-0.2, 0) is 4.74 Å². The number of hydrogen-bond donors (Lipinski definition) is 0. The van der Waals surface area contributed by atoms with E-state index in [1.54, 1.807) is 0 Å². The number of piperazine rings is 1. The Hall–Kier alpha value is -0.720. The van der Waals surface area contributed by atoms with Gasteiger partial charge >= 0.3 is 0 Å². The smallest absolute Gasteiger partial charge is 0.109 e. The number of morpholine rings is 1. The Morgan fingerprint density at radius 2 is 1.77 bits per heavy atom. The predicted molar refractivity (Wildman–Crippen MR) is 91.1 cm³/mol. The summed E-state index contributed by atoms with van der Waals surface area (Å²) in [4.78, 5) is 7.26. The van der Waals surface area contributed by atoms with E-state index in [2.05, 4.69) is 34.9 Å². The molecule has 2 aliphatic heterocycles. The van der Waals surface area contributed by atoms with Gasteiger partial charge < -0.3 is 9.64 Å². The second-order valence-electron chi connectivity index (χ2n) is 6.20. The standard InChI is InChI=1S/C17H31N4O/c1-4-6-17(5-2,21-11-9-19(3)10-12-21)18-7-8-20-13-15-22-16-14-20/h4-5H,1-2,6-16H2,3H3. The summed E-state index contributed by atoms with van der Waals surface area (Å²) in [6.45, 7) is 17.8. The van der Waals surface area contributed by atoms with Crippen molar-refractivity contribution >= 4 is 0 Å². The zero-order chi connectivity index (χ0) is 15.8. The van der Waals surface area contributed by atoms with E-state index in [9.17, 15) is 0 Å². The first-order chi connectivity index (χ1) is 10.7. The van der Waals surface area contributed by atoms with Gasteiger partial charge in [-0.1, -0.05) is 18.7 Å². The fraction of sp³-hybridized carbons (Fsp3) is 0.765. The zero-order valence-electron chi connectivity index (χ0n) is 14.0. The monoisotopic (exact) mass is 307 g/mol. The quantitative estimate of drug-likeness (QED) is 0.616. The molecular weight excluding hydrogens is 276 g/mol. The van der Waals surface area contributed by atoms with Crippen molar-refractivity contribution in [1.82, 2.24) is 20.0 Å². The maximum absolute atomic E-state index is 5.40. The first-order valence-corrected chi connectivity index (χ1v) is 8.37. The van der Waals surface area contributed by atoms with Gasteiger partial charge in [0.05, 0.1) is 13.2 Å². The molecule has 1 atom stereocenters. The Morgan fingerprint density at radius 3 is 2.36 bits per heavy atom. The molecule has 0 N–H and O–H groups in total. The van der Waals surface area contributed by atoms with Crippen LogP contribution in [0.2, 0.25) is 0 Å². The Kier molecular flexibility index (Phi) is 7.05. The lowest BCUT2D eigenvalue weighted by atomic mass is 10.0. The molecule has 0 saturated carbocycles. The van der Waals surface area contributed by atoms with Crippen LogP contribution in [0.25, 0.3) is 0 Å². The molecule has 2 saturated heterocycles. The second kappa shape index (κ2) is 8.79. The number of hydrogen-bond acceptors (Lipinski definition) is 4. The molecule has 5 nitrogen and oxygen atoms in total. The van der Waals surface area contributed by atoms with Gasteiger partial charge in [0.2, 0.25) is 0 Å². The summed E-state index contributed by atoms with van der Waals surface area (Å²) in [5, 5.41) is 5.04. The molecule has 0 aromatic rings. The largest absolute Gasteiger partial charge is 0.379 e. The first kappa shape index (κ1) is 17.6. The molecule has 0 amide bonds. The lowest BCUT2D eigenvalue weighted by Gasteiger charge is -2.45. The summed E-state index contributed by atoms with van der Waals surface area (Å²) in [5.41, 5.74) is -0.282. The third kappa shape index (κ3) is 4.64. The average molecular weight is 307 g/mol. The van der Waals surface area contributed by atoms with Crippen LogP contribution in [0, 0.1) is 0 Å². The molecule has 0 aliphatic carbocycles. The Morgan fingerprint density at radius 1 is 1.09 bits per heavy atom. The lowest BCUT2D eigenvalue weighted by molar-refractivity contribution is 0.0265. The van der Waals surface area contributed by atoms with Crippen molar-refractivity contribution in [3.8, 4) is 0 Å². The van der Waals surface area contributed by atoms with Crippen molar-refractivity contribution in [3.63, 3.8) is 0 Å². The topological polar surface area (TPSA) is 33.1 Å². The van der Waals surface area contributed by atoms with E-state index in [1.807, 2.05) is 12.2 Å². The van der Waals surface area contributed by atoms with Gasteiger partial charge in [-0.25, -0.2) is 5.32 Å². The van der Waals surface area contributed by atoms with E-state index in [0.29, 0.717) is 0 Å². The lowest BCUT2D eigenvalue weighted by Crippen LogP contribution is -2.60. The van der Waals surface area contributed by atoms with E-state index in [1.165, 1.54) is 0 Å². The third-order valence-corrected chi connectivity index (χ3v) is 4.73. The molecule has 2 fully saturated rings. The zero-order valence-corrected chi connectivity index (χ0v) is 14.0. The Labute approximate surface area is 135 Å². The van der Waals surface area contributed by atoms with Crippen LogP contribution in [0.5, 0.6) is 0 Å². The fourth-order valence-corrected chi connectivity index (χ4v) is 3.19. The molecule has 2 heterocycles. The van der Waals surface area contributed by atoms with Gasteiger partial charge in [-0.15, -0.1) is 6.58 Å². The van der Waals surface area contributed by atoms with Crippen LogP contribution >= 0.6 is 0 Å². The highest BCUT2D eigenvalue weighted by Crippen LogP contribution is 2.22. The number of ether oxygens (including phenoxy) is 1. The van der Waals surface area contributed by atoms with Crippen LogP contribution < -0.4 is 5.32 Å². The Bertz CT molecular complexity index is 349. The van der Waals surface area contributed by atoms with E-state index in [0.717, 1.165) is 72.0 Å². The summed E-state index contributed by atoms with van der Waals surface area (Å²) in [6, 6.07) is 0. The van der Waals surface area contributed by atoms with E-state index >= 15 is 0 Å². The number of likely N-dealkylation sites (N-methyl/N-ethyl adjacent to an activating group) is 1. The number of rotatable bonds is 8. The van der Waals surface area contributed by atoms with E-state index in [-0.39, 0.29) is 5.66 Å². The summed E-state index contributed by atoms with van der Waals surface area (Å²) in [6.07, 6.45) is 4.82. The van der Waals surface area contributed by atoms with Crippen molar-refractivity contribution < 1.29 is 4.74 Å². The first-order valence-electron chi connectivity index (χ1n) is 8.37. The molecule has 2 aliphatic rings. The van der Waals surface area contributed by atoms with E-state index in [4.69, 9.17) is 10.1 Å². The van der Waals surface area contributed by atoms with Gasteiger partial charge in [-0.2, -0.15) is 0 Å². The molecule has 1 radical (unpaired) electrons. The maximum Gasteiger partial charge on any atom is 0.109 e. The minimum absolute atomic E-state index is 0.282. The highest BCUT2D eigenvalue weighted by atomic mass is 16.5. The van der Waals surface area contributed by atoms with Crippen LogP contribution in [0.15, 0.2) is 25.3 Å². The predicted octanol–water partition coefficient (Wildman–Crippen LogP) is 0.629. The van der Waals surface area contributed by atoms with Gasteiger partial charge in [-0.05, 0) is 7.05 Å². The van der Waals surface area contributed by atoms with Crippen LogP contribution in [-0.4, -0.2) is 93.0 Å². The van der Waals surface area contributed by atoms with Crippen molar-refractivity contribution in [2.24, 2.45) is 0 Å². The van der Waals surface area contributed by atoms with Crippen molar-refractivity contribution in [2.75, 3.05) is 72.6 Å². The summed E-state index contributed by atoms with van der Waals surface area (Å²) in [5.74, 6) is 0. The molecule has 5 heteroatoms. The van der Waals surface area contributed by atoms with Crippen LogP contribution in [0.1, 0.15) is 6.42 Å². The van der Waals surface area contributed by atoms with Crippen molar-refractivity contribution in [2.45, 2.75) is 12.1 Å². The molecular formula is C17H31N4O. The molecule has 125 valence electrons. The summed E-state index contributed by atoms with van der Waals surface area (Å²) in [7, 11) is 2.18. The van der Waals surface area contributed by atoms with Crippen LogP contribution in [0.3, 0.4) is 0 Å². The van der Waals surface area contributed by atoms with Crippen LogP contribution in [0.4, 0.5) is 0 Å². The SMILES string of the molecule is C=CCC(C=C)([N]CCN1CCOCC1)N1CCN(C)CC1. The third-order valence-electron chi connectivity index (χ3n) is 4.73. The summed E-state index contributed by atoms with van der Waals surface area (Å²) < 4.78 is 5.40. The van der Waals surface area contributed by atoms with E-state index < -0.39 is 0 Å². The molecule has 22 heavy (non-hydrogen) atoms. The summed E-state index contributed by atoms with van der Waals surface area (Å²) >= 11 is 0. The molecule has 0 bridgehead atoms. The van der Waals surface area contributed by atoms with Crippen molar-refractivity contribution in [1.29, 1.82) is 0 Å². The second-order valence-corrected chi connectivity index (χ2v) is 6.20. The fourth-order valence-electron chi connectivity index (χ4n) is 3.19. The van der Waals surface area contributed by atoms with Gasteiger partial charge in [0.15, 0.2) is 0 Å². The Balaban J connectivity index is 1.89. The van der Waals surface area contributed by atoms with Gasteiger partial charge in [-0.3, -0.25) is 9.80 Å². The normalized spacial score (nSPS) is 24.8. The maximum atomic E-state index is 5.40. The van der Waals surface area contributed by atoms with Crippen molar-refractivity contribution in [3.05, 3.63) is 25.3 Å². The van der Waals surface area contributed by atoms with Gasteiger partial charge in [0, 0.05) is 58.8 Å². The minimum atomic E-state index is -0.282. The van der Waals surface area contributed by atoms with Gasteiger partial charge in [0.25, 0.3) is 0 Å². The molecule has 0 aromatic heterocycles. The van der Waals surface area contributed by atoms with Gasteiger partial charge in [0.1, 0.15) is 5.66 Å².